The molecule has 0 amide bonds. The van der Waals surface area contributed by atoms with Crippen molar-refractivity contribution in [3.63, 3.8) is 0 Å². The molecule has 0 aromatic heterocycles. The Kier molecular flexibility index (Phi) is 6.18. The average molecular weight is 249 g/mol. The van der Waals surface area contributed by atoms with Crippen molar-refractivity contribution in [2.75, 3.05) is 5.75 Å². The minimum atomic E-state index is -3.14. The number of hydrogen-bond acceptors (Lipinski definition) is 4. The summed E-state index contributed by atoms with van der Waals surface area (Å²) in [7, 11) is -3.14. The summed E-state index contributed by atoms with van der Waals surface area (Å²) in [6.07, 6.45) is 0.857. The van der Waals surface area contributed by atoms with Gasteiger partial charge in [0.25, 0.3) is 0 Å². The Bertz CT molecular complexity index is 322. The molecule has 0 fully saturated rings. The number of Topliss-reactive ketones (excluding diaryl/α,β-unsaturated/α-hetero) is 1. The molecule has 0 spiro atoms. The van der Waals surface area contributed by atoms with Crippen LogP contribution < -0.4 is 5.73 Å². The summed E-state index contributed by atoms with van der Waals surface area (Å²) in [4.78, 5) is 11.6. The van der Waals surface area contributed by atoms with E-state index in [0.717, 1.165) is 6.42 Å². The molecule has 0 saturated carbocycles. The van der Waals surface area contributed by atoms with Crippen LogP contribution in [0.2, 0.25) is 0 Å². The number of ketones is 1. The predicted octanol–water partition coefficient (Wildman–Crippen LogP) is 1.14. The minimum Gasteiger partial charge on any atom is -0.321 e. The molecule has 0 rings (SSSR count). The maximum Gasteiger partial charge on any atom is 0.153 e. The highest BCUT2D eigenvalue weighted by atomic mass is 32.2. The Balaban J connectivity index is 4.29. The van der Waals surface area contributed by atoms with E-state index in [-0.39, 0.29) is 23.9 Å². The van der Waals surface area contributed by atoms with Crippen molar-refractivity contribution in [2.24, 2.45) is 11.7 Å². The van der Waals surface area contributed by atoms with E-state index in [9.17, 15) is 13.2 Å². The summed E-state index contributed by atoms with van der Waals surface area (Å²) in [6.45, 7) is 7.10. The molecule has 0 aliphatic heterocycles. The van der Waals surface area contributed by atoms with Crippen LogP contribution in [0.15, 0.2) is 0 Å². The second-order valence-corrected chi connectivity index (χ2v) is 7.22. The minimum absolute atomic E-state index is 0.0337. The van der Waals surface area contributed by atoms with E-state index in [4.69, 9.17) is 5.73 Å². The summed E-state index contributed by atoms with van der Waals surface area (Å²) in [5.41, 5.74) is 5.73. The van der Waals surface area contributed by atoms with Crippen molar-refractivity contribution in [1.29, 1.82) is 0 Å². The molecule has 0 heterocycles. The van der Waals surface area contributed by atoms with Gasteiger partial charge in [-0.1, -0.05) is 20.3 Å². The van der Waals surface area contributed by atoms with Crippen LogP contribution >= 0.6 is 0 Å². The van der Waals surface area contributed by atoms with Gasteiger partial charge in [0, 0.05) is 6.42 Å². The van der Waals surface area contributed by atoms with Gasteiger partial charge in [0.1, 0.15) is 0 Å². The largest absolute Gasteiger partial charge is 0.321 e. The van der Waals surface area contributed by atoms with E-state index in [1.165, 1.54) is 0 Å². The Morgan fingerprint density at radius 2 is 1.75 bits per heavy atom. The number of sulfone groups is 1. The van der Waals surface area contributed by atoms with Crippen LogP contribution in [0.25, 0.3) is 0 Å². The third-order valence-electron chi connectivity index (χ3n) is 2.98. The molecule has 2 N–H and O–H groups in total. The fourth-order valence-corrected chi connectivity index (χ4v) is 2.17. The Labute approximate surface area is 98.5 Å². The Morgan fingerprint density at radius 1 is 1.25 bits per heavy atom. The fourth-order valence-electron chi connectivity index (χ4n) is 1.22. The summed E-state index contributed by atoms with van der Waals surface area (Å²) in [5, 5.41) is -0.430. The van der Waals surface area contributed by atoms with Crippen molar-refractivity contribution in [3.05, 3.63) is 0 Å². The molecule has 0 saturated heterocycles. The third kappa shape index (κ3) is 4.61. The molecular weight excluding hydrogens is 226 g/mol. The monoisotopic (exact) mass is 249 g/mol. The molecule has 2 atom stereocenters. The first kappa shape index (κ1) is 15.6. The molecule has 96 valence electrons. The molecule has 0 aromatic rings. The van der Waals surface area contributed by atoms with Crippen molar-refractivity contribution in [1.82, 2.24) is 0 Å². The van der Waals surface area contributed by atoms with E-state index in [2.05, 4.69) is 0 Å². The van der Waals surface area contributed by atoms with Gasteiger partial charge in [-0.15, -0.1) is 0 Å². The summed E-state index contributed by atoms with van der Waals surface area (Å²) >= 11 is 0. The molecule has 0 radical (unpaired) electrons. The SMILES string of the molecule is CCC(C)C(N)C(=O)CCS(=O)(=O)C(C)C. The normalized spacial score (nSPS) is 16.1. The highest BCUT2D eigenvalue weighted by Crippen LogP contribution is 2.10. The Morgan fingerprint density at radius 3 is 2.12 bits per heavy atom. The lowest BCUT2D eigenvalue weighted by atomic mass is 9.95. The molecule has 0 bridgehead atoms. The summed E-state index contributed by atoms with van der Waals surface area (Å²) in [6, 6.07) is -0.535. The van der Waals surface area contributed by atoms with Crippen molar-refractivity contribution in [2.45, 2.75) is 51.8 Å². The topological polar surface area (TPSA) is 77.2 Å². The second-order valence-electron chi connectivity index (χ2n) is 4.54. The summed E-state index contributed by atoms with van der Waals surface area (Å²) < 4.78 is 23.0. The molecule has 2 unspecified atom stereocenters. The second kappa shape index (κ2) is 6.35. The first-order valence-corrected chi connectivity index (χ1v) is 7.43. The number of rotatable bonds is 7. The lowest BCUT2D eigenvalue weighted by molar-refractivity contribution is -0.120. The van der Waals surface area contributed by atoms with Gasteiger partial charge in [0.15, 0.2) is 15.6 Å². The lowest BCUT2D eigenvalue weighted by Gasteiger charge is -2.17. The van der Waals surface area contributed by atoms with Crippen molar-refractivity contribution >= 4 is 15.6 Å². The maximum absolute atomic E-state index is 11.6. The first-order valence-electron chi connectivity index (χ1n) is 5.72. The average Bonchev–Trinajstić information content (AvgIpc) is 2.23. The third-order valence-corrected chi connectivity index (χ3v) is 5.19. The molecular formula is C11H23NO3S. The number of carbonyl (C=O) groups excluding carboxylic acids is 1. The number of carbonyl (C=O) groups is 1. The van der Waals surface area contributed by atoms with E-state index in [1.54, 1.807) is 13.8 Å². The number of hydrogen-bond donors (Lipinski definition) is 1. The molecule has 5 heteroatoms. The zero-order chi connectivity index (χ0) is 12.9. The van der Waals surface area contributed by atoms with Crippen molar-refractivity contribution < 1.29 is 13.2 Å². The van der Waals surface area contributed by atoms with Crippen LogP contribution in [-0.4, -0.2) is 31.2 Å². The van der Waals surface area contributed by atoms with E-state index in [0.29, 0.717) is 0 Å². The van der Waals surface area contributed by atoms with E-state index in [1.807, 2.05) is 13.8 Å². The van der Waals surface area contributed by atoms with Crippen molar-refractivity contribution in [3.8, 4) is 0 Å². The van der Waals surface area contributed by atoms with Gasteiger partial charge >= 0.3 is 0 Å². The maximum atomic E-state index is 11.6. The van der Waals surface area contributed by atoms with Gasteiger partial charge in [0.05, 0.1) is 17.0 Å². The quantitative estimate of drug-likeness (QED) is 0.734. The standard InChI is InChI=1S/C11H23NO3S/c1-5-9(4)11(12)10(13)6-7-16(14,15)8(2)3/h8-9,11H,5-7,12H2,1-4H3. The Hall–Kier alpha value is -0.420. The smallest absolute Gasteiger partial charge is 0.153 e. The van der Waals surface area contributed by atoms with Gasteiger partial charge in [-0.2, -0.15) is 0 Å². The highest BCUT2D eigenvalue weighted by Gasteiger charge is 2.23. The van der Waals surface area contributed by atoms with Gasteiger partial charge < -0.3 is 5.73 Å². The molecule has 0 aliphatic rings. The predicted molar refractivity (Wildman–Crippen MR) is 66.0 cm³/mol. The van der Waals surface area contributed by atoms with Crippen LogP contribution in [0.5, 0.6) is 0 Å². The molecule has 4 nitrogen and oxygen atoms in total. The molecule has 16 heavy (non-hydrogen) atoms. The van der Waals surface area contributed by atoms with E-state index >= 15 is 0 Å². The summed E-state index contributed by atoms with van der Waals surface area (Å²) in [5.74, 6) is -0.138. The van der Waals surface area contributed by atoms with Gasteiger partial charge in [-0.25, -0.2) is 8.42 Å². The number of nitrogens with two attached hydrogens (primary N) is 1. The van der Waals surface area contributed by atoms with Gasteiger partial charge in [0.2, 0.25) is 0 Å². The van der Waals surface area contributed by atoms with Crippen LogP contribution in [0.4, 0.5) is 0 Å². The molecule has 0 aliphatic carbocycles. The first-order chi connectivity index (χ1) is 7.22. The van der Waals surface area contributed by atoms with Gasteiger partial charge in [-0.05, 0) is 19.8 Å². The molecule has 0 aromatic carbocycles. The highest BCUT2D eigenvalue weighted by molar-refractivity contribution is 7.91. The van der Waals surface area contributed by atoms with E-state index < -0.39 is 21.1 Å². The van der Waals surface area contributed by atoms with Crippen LogP contribution in [0.1, 0.15) is 40.5 Å². The zero-order valence-corrected chi connectivity index (χ0v) is 11.4. The zero-order valence-electron chi connectivity index (χ0n) is 10.6. The van der Waals surface area contributed by atoms with Crippen LogP contribution in [-0.2, 0) is 14.6 Å². The fraction of sp³-hybridized carbons (Fsp3) is 0.909. The van der Waals surface area contributed by atoms with Crippen LogP contribution in [0, 0.1) is 5.92 Å². The van der Waals surface area contributed by atoms with Crippen LogP contribution in [0.3, 0.4) is 0 Å². The lowest BCUT2D eigenvalue weighted by Crippen LogP contribution is -2.37. The van der Waals surface area contributed by atoms with Gasteiger partial charge in [-0.3, -0.25) is 4.79 Å².